The van der Waals surface area contributed by atoms with E-state index in [1.165, 1.54) is 37.9 Å². The van der Waals surface area contributed by atoms with E-state index in [1.54, 1.807) is 0 Å². The number of benzene rings is 2. The lowest BCUT2D eigenvalue weighted by molar-refractivity contribution is 0.221. The maximum Gasteiger partial charge on any atom is 0.101 e. The predicted molar refractivity (Wildman–Crippen MR) is 101 cm³/mol. The number of para-hydroxylation sites is 1. The molecule has 0 N–H and O–H groups in total. The number of rotatable bonds is 3. The van der Waals surface area contributed by atoms with Crippen molar-refractivity contribution in [1.82, 2.24) is 9.88 Å². The van der Waals surface area contributed by atoms with Gasteiger partial charge in [0, 0.05) is 17.5 Å². The number of piperidine rings is 1. The zero-order valence-corrected chi connectivity index (χ0v) is 14.3. The fourth-order valence-electron chi connectivity index (χ4n) is 3.61. The second-order valence-corrected chi connectivity index (χ2v) is 6.73. The van der Waals surface area contributed by atoms with Gasteiger partial charge in [-0.2, -0.15) is 5.26 Å². The Hall–Kier alpha value is -2.70. The first-order valence-corrected chi connectivity index (χ1v) is 8.95. The van der Waals surface area contributed by atoms with Crippen LogP contribution in [0.4, 0.5) is 0 Å². The summed E-state index contributed by atoms with van der Waals surface area (Å²) in [7, 11) is 0. The van der Waals surface area contributed by atoms with Gasteiger partial charge in [-0.15, -0.1) is 0 Å². The van der Waals surface area contributed by atoms with Crippen LogP contribution in [0.3, 0.4) is 0 Å². The number of nitrogens with zero attached hydrogens (tertiary/aromatic N) is 3. The van der Waals surface area contributed by atoms with Gasteiger partial charge in [-0.3, -0.25) is 4.90 Å². The Labute approximate surface area is 148 Å². The fourth-order valence-corrected chi connectivity index (χ4v) is 3.61. The molecule has 4 rings (SSSR count). The number of nitriles is 1. The Bertz CT molecular complexity index is 933. The monoisotopic (exact) mass is 327 g/mol. The Morgan fingerprint density at radius 3 is 2.64 bits per heavy atom. The molecule has 1 aromatic heterocycles. The zero-order valence-electron chi connectivity index (χ0n) is 14.3. The van der Waals surface area contributed by atoms with Crippen molar-refractivity contribution < 1.29 is 0 Å². The van der Waals surface area contributed by atoms with Gasteiger partial charge in [0.1, 0.15) is 6.07 Å². The molecular weight excluding hydrogens is 306 g/mol. The van der Waals surface area contributed by atoms with Crippen molar-refractivity contribution in [2.24, 2.45) is 0 Å². The summed E-state index contributed by atoms with van der Waals surface area (Å²) >= 11 is 0. The normalized spacial score (nSPS) is 15.2. The third kappa shape index (κ3) is 3.40. The zero-order chi connectivity index (χ0) is 17.1. The number of aromatic nitrogens is 1. The van der Waals surface area contributed by atoms with Gasteiger partial charge in [-0.05, 0) is 49.7 Å². The van der Waals surface area contributed by atoms with Crippen molar-refractivity contribution in [1.29, 1.82) is 5.26 Å². The molecule has 0 bridgehead atoms. The van der Waals surface area contributed by atoms with E-state index in [4.69, 9.17) is 4.98 Å². The molecule has 0 amide bonds. The molecule has 2 aromatic carbocycles. The second kappa shape index (κ2) is 7.04. The summed E-state index contributed by atoms with van der Waals surface area (Å²) in [5, 5.41) is 10.6. The van der Waals surface area contributed by atoms with Crippen LogP contribution in [0.2, 0.25) is 0 Å². The summed E-state index contributed by atoms with van der Waals surface area (Å²) in [6, 6.07) is 20.7. The van der Waals surface area contributed by atoms with E-state index in [1.807, 2.05) is 30.3 Å². The van der Waals surface area contributed by atoms with Gasteiger partial charge in [0.05, 0.1) is 16.8 Å². The van der Waals surface area contributed by atoms with E-state index in [0.717, 1.165) is 28.7 Å². The average molecular weight is 327 g/mol. The minimum atomic E-state index is 0.633. The topological polar surface area (TPSA) is 39.9 Å². The van der Waals surface area contributed by atoms with Crippen LogP contribution in [0.15, 0.2) is 54.6 Å². The van der Waals surface area contributed by atoms with Crippen molar-refractivity contribution in [3.8, 4) is 17.3 Å². The Morgan fingerprint density at radius 2 is 1.80 bits per heavy atom. The van der Waals surface area contributed by atoms with Gasteiger partial charge in [0.25, 0.3) is 0 Å². The molecule has 3 nitrogen and oxygen atoms in total. The van der Waals surface area contributed by atoms with E-state index in [9.17, 15) is 5.26 Å². The molecule has 2 heterocycles. The molecule has 124 valence electrons. The molecule has 3 heteroatoms. The summed E-state index contributed by atoms with van der Waals surface area (Å²) < 4.78 is 0. The standard InChI is InChI=1S/C22H21N3/c23-15-20-14-18-8-2-3-10-21(18)24-22(20)19-9-6-7-17(13-19)16-25-11-4-1-5-12-25/h2-3,6-10,13-14H,1,4-5,11-12,16H2. The van der Waals surface area contributed by atoms with Gasteiger partial charge in [0.2, 0.25) is 0 Å². The minimum Gasteiger partial charge on any atom is -0.299 e. The number of hydrogen-bond acceptors (Lipinski definition) is 3. The molecule has 0 atom stereocenters. The van der Waals surface area contributed by atoms with Gasteiger partial charge in [-0.25, -0.2) is 4.98 Å². The maximum atomic E-state index is 9.57. The fraction of sp³-hybridized carbons (Fsp3) is 0.273. The molecule has 0 unspecified atom stereocenters. The van der Waals surface area contributed by atoms with Crippen LogP contribution in [0.5, 0.6) is 0 Å². The summed E-state index contributed by atoms with van der Waals surface area (Å²) in [5.74, 6) is 0. The molecule has 1 aliphatic heterocycles. The molecular formula is C22H21N3. The van der Waals surface area contributed by atoms with Crippen LogP contribution >= 0.6 is 0 Å². The van der Waals surface area contributed by atoms with Crippen molar-refractivity contribution in [2.45, 2.75) is 25.8 Å². The number of fused-ring (bicyclic) bond motifs is 1. The Balaban J connectivity index is 1.70. The van der Waals surface area contributed by atoms with E-state index >= 15 is 0 Å². The highest BCUT2D eigenvalue weighted by Crippen LogP contribution is 2.26. The number of likely N-dealkylation sites (tertiary alicyclic amines) is 1. The van der Waals surface area contributed by atoms with E-state index in [0.29, 0.717) is 5.56 Å². The lowest BCUT2D eigenvalue weighted by Gasteiger charge is -2.26. The molecule has 3 aromatic rings. The molecule has 1 aliphatic rings. The van der Waals surface area contributed by atoms with Gasteiger partial charge in [0.15, 0.2) is 0 Å². The predicted octanol–water partition coefficient (Wildman–Crippen LogP) is 4.76. The third-order valence-corrected chi connectivity index (χ3v) is 4.90. The Morgan fingerprint density at radius 1 is 0.960 bits per heavy atom. The highest BCUT2D eigenvalue weighted by atomic mass is 15.1. The van der Waals surface area contributed by atoms with Crippen molar-refractivity contribution >= 4 is 10.9 Å². The third-order valence-electron chi connectivity index (χ3n) is 4.90. The lowest BCUT2D eigenvalue weighted by atomic mass is 10.0. The highest BCUT2D eigenvalue weighted by molar-refractivity contribution is 5.84. The van der Waals surface area contributed by atoms with Crippen molar-refractivity contribution in [2.75, 3.05) is 13.1 Å². The summed E-state index contributed by atoms with van der Waals surface area (Å²) in [5.41, 5.74) is 4.66. The molecule has 1 saturated heterocycles. The molecule has 0 saturated carbocycles. The minimum absolute atomic E-state index is 0.633. The first-order valence-electron chi connectivity index (χ1n) is 8.95. The second-order valence-electron chi connectivity index (χ2n) is 6.73. The maximum absolute atomic E-state index is 9.57. The largest absolute Gasteiger partial charge is 0.299 e. The summed E-state index contributed by atoms with van der Waals surface area (Å²) in [6.07, 6.45) is 3.94. The molecule has 25 heavy (non-hydrogen) atoms. The number of pyridine rings is 1. The van der Waals surface area contributed by atoms with Crippen molar-refractivity contribution in [3.05, 3.63) is 65.7 Å². The van der Waals surface area contributed by atoms with Crippen LogP contribution in [0.1, 0.15) is 30.4 Å². The molecule has 0 aliphatic carbocycles. The van der Waals surface area contributed by atoms with Crippen LogP contribution in [-0.4, -0.2) is 23.0 Å². The van der Waals surface area contributed by atoms with Crippen LogP contribution < -0.4 is 0 Å². The SMILES string of the molecule is N#Cc1cc2ccccc2nc1-c1cccc(CN2CCCCC2)c1. The quantitative estimate of drug-likeness (QED) is 0.696. The van der Waals surface area contributed by atoms with Gasteiger partial charge in [-0.1, -0.05) is 42.8 Å². The van der Waals surface area contributed by atoms with E-state index < -0.39 is 0 Å². The summed E-state index contributed by atoms with van der Waals surface area (Å²) in [6.45, 7) is 3.34. The van der Waals surface area contributed by atoms with E-state index in [2.05, 4.69) is 35.2 Å². The average Bonchev–Trinajstić information content (AvgIpc) is 2.68. The van der Waals surface area contributed by atoms with Crippen LogP contribution in [-0.2, 0) is 6.54 Å². The molecule has 0 radical (unpaired) electrons. The summed E-state index contributed by atoms with van der Waals surface area (Å²) in [4.78, 5) is 7.28. The highest BCUT2D eigenvalue weighted by Gasteiger charge is 2.13. The van der Waals surface area contributed by atoms with Crippen LogP contribution in [0.25, 0.3) is 22.2 Å². The smallest absolute Gasteiger partial charge is 0.101 e. The number of hydrogen-bond donors (Lipinski definition) is 0. The van der Waals surface area contributed by atoms with Gasteiger partial charge >= 0.3 is 0 Å². The van der Waals surface area contributed by atoms with Crippen LogP contribution in [0, 0.1) is 11.3 Å². The molecule has 1 fully saturated rings. The molecule has 0 spiro atoms. The Kier molecular flexibility index (Phi) is 4.45. The van der Waals surface area contributed by atoms with Gasteiger partial charge < -0.3 is 0 Å². The first-order chi connectivity index (χ1) is 12.3. The lowest BCUT2D eigenvalue weighted by Crippen LogP contribution is -2.29. The van der Waals surface area contributed by atoms with Crippen molar-refractivity contribution in [3.63, 3.8) is 0 Å². The van der Waals surface area contributed by atoms with E-state index in [-0.39, 0.29) is 0 Å². The first kappa shape index (κ1) is 15.8.